The van der Waals surface area contributed by atoms with E-state index < -0.39 is 23.5 Å². The fourth-order valence-corrected chi connectivity index (χ4v) is 2.67. The Bertz CT molecular complexity index is 816. The summed E-state index contributed by atoms with van der Waals surface area (Å²) in [5.41, 5.74) is 0.663. The van der Waals surface area contributed by atoms with Crippen LogP contribution in [0, 0.1) is 6.92 Å². The van der Waals surface area contributed by atoms with Crippen LogP contribution >= 0.6 is 11.8 Å². The Labute approximate surface area is 142 Å². The lowest BCUT2D eigenvalue weighted by molar-refractivity contribution is -0.307. The number of aryl methyl sites for hydroxylation is 1. The minimum atomic E-state index is -1.35. The molecule has 1 atom stereocenters. The van der Waals surface area contributed by atoms with Crippen molar-refractivity contribution in [1.29, 1.82) is 0 Å². The van der Waals surface area contributed by atoms with Gasteiger partial charge in [0.2, 0.25) is 0 Å². The number of carbonyl (C=O) groups excluding carboxylic acids is 2. The lowest BCUT2D eigenvalue weighted by Crippen LogP contribution is -2.50. The molecule has 0 fully saturated rings. The van der Waals surface area contributed by atoms with Crippen molar-refractivity contribution >= 4 is 34.6 Å². The van der Waals surface area contributed by atoms with Gasteiger partial charge in [0.25, 0.3) is 5.91 Å². The maximum atomic E-state index is 11.8. The second-order valence-corrected chi connectivity index (χ2v) is 6.00. The van der Waals surface area contributed by atoms with Crippen LogP contribution in [0.1, 0.15) is 5.56 Å². The first-order valence-electron chi connectivity index (χ1n) is 7.07. The highest BCUT2D eigenvalue weighted by Gasteiger charge is 2.13. The number of rotatable bonds is 7. The maximum Gasteiger partial charge on any atom is 0.336 e. The van der Waals surface area contributed by atoms with Gasteiger partial charge in [-0.2, -0.15) is 11.8 Å². The summed E-state index contributed by atoms with van der Waals surface area (Å²) in [7, 11) is 0. The molecule has 1 amide bonds. The largest absolute Gasteiger partial charge is 0.548 e. The number of carboxylic acids is 1. The number of amides is 1. The first kappa shape index (κ1) is 17.9. The van der Waals surface area contributed by atoms with Crippen LogP contribution in [0.4, 0.5) is 0 Å². The Hall–Kier alpha value is -2.48. The third kappa shape index (κ3) is 4.51. The molecule has 1 aromatic carbocycles. The van der Waals surface area contributed by atoms with Gasteiger partial charge >= 0.3 is 5.63 Å². The molecule has 0 spiro atoms. The normalized spacial score (nSPS) is 11.9. The molecule has 0 aliphatic heterocycles. The molecule has 0 radical (unpaired) electrons. The highest BCUT2D eigenvalue weighted by atomic mass is 32.2. The first-order chi connectivity index (χ1) is 11.4. The Balaban J connectivity index is 2.03. The van der Waals surface area contributed by atoms with E-state index in [1.54, 1.807) is 25.3 Å². The molecule has 0 unspecified atom stereocenters. The number of thioether (sulfide) groups is 1. The minimum Gasteiger partial charge on any atom is -0.548 e. The fourth-order valence-electron chi connectivity index (χ4n) is 2.12. The van der Waals surface area contributed by atoms with E-state index in [0.717, 1.165) is 10.9 Å². The molecule has 1 heterocycles. The predicted molar refractivity (Wildman–Crippen MR) is 88.0 cm³/mol. The van der Waals surface area contributed by atoms with Crippen LogP contribution in [0.3, 0.4) is 0 Å². The molecule has 0 saturated heterocycles. The van der Waals surface area contributed by atoms with Gasteiger partial charge in [-0.15, -0.1) is 0 Å². The summed E-state index contributed by atoms with van der Waals surface area (Å²) in [5.74, 6) is -1.39. The van der Waals surface area contributed by atoms with Gasteiger partial charge in [-0.05, 0) is 30.9 Å². The number of aliphatic carboxylic acids is 1. The lowest BCUT2D eigenvalue weighted by Gasteiger charge is -2.18. The van der Waals surface area contributed by atoms with E-state index in [1.165, 1.54) is 23.9 Å². The topological polar surface area (TPSA) is 109 Å². The number of ether oxygens (including phenoxy) is 1. The molecule has 0 saturated carbocycles. The van der Waals surface area contributed by atoms with E-state index in [9.17, 15) is 19.5 Å². The second kappa shape index (κ2) is 7.87. The van der Waals surface area contributed by atoms with Crippen molar-refractivity contribution in [1.82, 2.24) is 5.32 Å². The van der Waals surface area contributed by atoms with Crippen molar-refractivity contribution in [3.63, 3.8) is 0 Å². The molecule has 0 aliphatic rings. The van der Waals surface area contributed by atoms with Gasteiger partial charge in [0.05, 0.1) is 12.0 Å². The summed E-state index contributed by atoms with van der Waals surface area (Å²) in [5, 5.41) is 14.0. The van der Waals surface area contributed by atoms with Crippen molar-refractivity contribution in [2.24, 2.45) is 0 Å². The molecule has 0 bridgehead atoms. The van der Waals surface area contributed by atoms with Crippen LogP contribution in [0.25, 0.3) is 11.0 Å². The van der Waals surface area contributed by atoms with E-state index in [4.69, 9.17) is 9.15 Å². The van der Waals surface area contributed by atoms with Crippen molar-refractivity contribution in [3.8, 4) is 5.75 Å². The van der Waals surface area contributed by atoms with Gasteiger partial charge in [-0.1, -0.05) is 0 Å². The third-order valence-corrected chi connectivity index (χ3v) is 3.91. The lowest BCUT2D eigenvalue weighted by atomic mass is 10.1. The zero-order chi connectivity index (χ0) is 17.7. The van der Waals surface area contributed by atoms with Crippen molar-refractivity contribution in [2.75, 3.05) is 18.6 Å². The number of benzene rings is 1. The Morgan fingerprint density at radius 3 is 2.79 bits per heavy atom. The Morgan fingerprint density at radius 2 is 2.12 bits per heavy atom. The van der Waals surface area contributed by atoms with Crippen LogP contribution in [0.5, 0.6) is 5.75 Å². The standard InChI is InChI=1S/C16H17NO6S/c1-9-5-15(19)23-13-6-10(3-4-11(9)13)22-7-14(18)17-12(8-24-2)16(20)21/h3-6,12H,7-8H2,1-2H3,(H,17,18)(H,20,21)/p-1/t12-/m0/s1. The van der Waals surface area contributed by atoms with E-state index in [1.807, 2.05) is 0 Å². The van der Waals surface area contributed by atoms with Crippen LogP contribution in [0.2, 0.25) is 0 Å². The highest BCUT2D eigenvalue weighted by Crippen LogP contribution is 2.22. The summed E-state index contributed by atoms with van der Waals surface area (Å²) < 4.78 is 10.4. The summed E-state index contributed by atoms with van der Waals surface area (Å²) >= 11 is 1.28. The van der Waals surface area contributed by atoms with Gasteiger partial charge in [0.1, 0.15) is 11.3 Å². The van der Waals surface area contributed by atoms with Crippen molar-refractivity contribution in [3.05, 3.63) is 40.2 Å². The number of nitrogens with one attached hydrogen (secondary N) is 1. The molecule has 8 heteroatoms. The minimum absolute atomic E-state index is 0.203. The molecule has 7 nitrogen and oxygen atoms in total. The molecule has 2 aromatic rings. The zero-order valence-corrected chi connectivity index (χ0v) is 14.0. The molecule has 1 N–H and O–H groups in total. The van der Waals surface area contributed by atoms with Crippen molar-refractivity contribution in [2.45, 2.75) is 13.0 Å². The number of carboxylic acid groups (broad SMARTS) is 1. The van der Waals surface area contributed by atoms with E-state index >= 15 is 0 Å². The Kier molecular flexibility index (Phi) is 5.86. The number of fused-ring (bicyclic) bond motifs is 1. The maximum absolute atomic E-state index is 11.8. The predicted octanol–water partition coefficient (Wildman–Crippen LogP) is 0.0779. The van der Waals surface area contributed by atoms with Crippen molar-refractivity contribution < 1.29 is 23.8 Å². The third-order valence-electron chi connectivity index (χ3n) is 3.25. The Morgan fingerprint density at radius 1 is 1.38 bits per heavy atom. The monoisotopic (exact) mass is 350 g/mol. The van der Waals surface area contributed by atoms with E-state index in [0.29, 0.717) is 11.3 Å². The quantitative estimate of drug-likeness (QED) is 0.704. The molecule has 0 aliphatic carbocycles. The summed E-state index contributed by atoms with van der Waals surface area (Å²) in [4.78, 5) is 34.0. The summed E-state index contributed by atoms with van der Waals surface area (Å²) in [6.07, 6.45) is 1.73. The molecule has 1 aromatic heterocycles. The molecule has 2 rings (SSSR count). The van der Waals surface area contributed by atoms with Gasteiger partial charge in [0.15, 0.2) is 6.61 Å². The molecule has 128 valence electrons. The fraction of sp³-hybridized carbons (Fsp3) is 0.312. The SMILES string of the molecule is CSC[C@H](NC(=O)COc1ccc2c(C)cc(=O)oc2c1)C(=O)[O-]. The number of hydrogen-bond donors (Lipinski definition) is 1. The molecular weight excluding hydrogens is 334 g/mol. The van der Waals surface area contributed by atoms with Crippen LogP contribution in [-0.4, -0.2) is 36.5 Å². The van der Waals surface area contributed by atoms with Crippen LogP contribution in [0.15, 0.2) is 33.5 Å². The van der Waals surface area contributed by atoms with E-state index in [-0.39, 0.29) is 12.4 Å². The van der Waals surface area contributed by atoms with E-state index in [2.05, 4.69) is 5.32 Å². The van der Waals surface area contributed by atoms with Crippen LogP contribution < -0.4 is 20.8 Å². The molecule has 24 heavy (non-hydrogen) atoms. The first-order valence-corrected chi connectivity index (χ1v) is 8.46. The van der Waals surface area contributed by atoms with Gasteiger partial charge in [-0.25, -0.2) is 4.79 Å². The number of carbonyl (C=O) groups is 2. The van der Waals surface area contributed by atoms with Crippen LogP contribution in [-0.2, 0) is 9.59 Å². The molecular formula is C16H16NO6S-. The summed E-state index contributed by atoms with van der Waals surface area (Å²) in [6, 6.07) is 5.18. The second-order valence-electron chi connectivity index (χ2n) is 5.09. The number of hydrogen-bond acceptors (Lipinski definition) is 7. The van der Waals surface area contributed by atoms with Gasteiger partial charge in [0, 0.05) is 23.3 Å². The highest BCUT2D eigenvalue weighted by molar-refractivity contribution is 7.98. The summed E-state index contributed by atoms with van der Waals surface area (Å²) in [6.45, 7) is 1.43. The van der Waals surface area contributed by atoms with Gasteiger partial charge in [-0.3, -0.25) is 4.79 Å². The average Bonchev–Trinajstić information content (AvgIpc) is 2.51. The van der Waals surface area contributed by atoms with Gasteiger partial charge < -0.3 is 24.4 Å². The zero-order valence-electron chi connectivity index (χ0n) is 13.2. The average molecular weight is 350 g/mol. The smallest absolute Gasteiger partial charge is 0.336 e.